The van der Waals surface area contributed by atoms with Crippen molar-refractivity contribution in [3.05, 3.63) is 74.1 Å². The fourth-order valence-corrected chi connectivity index (χ4v) is 5.78. The van der Waals surface area contributed by atoms with Gasteiger partial charge in [-0.3, -0.25) is 4.90 Å². The number of rotatable bonds is 10. The van der Waals surface area contributed by atoms with E-state index in [1.807, 2.05) is 22.7 Å². The number of hydrogen-bond donors (Lipinski definition) is 0. The lowest BCUT2D eigenvalue weighted by atomic mass is 9.86. The van der Waals surface area contributed by atoms with E-state index in [2.05, 4.69) is 65.0 Å². The highest BCUT2D eigenvalue weighted by Gasteiger charge is 2.25. The monoisotopic (exact) mass is 425 g/mol. The molecule has 0 spiro atoms. The molecule has 2 heterocycles. The van der Waals surface area contributed by atoms with E-state index < -0.39 is 0 Å². The predicted molar refractivity (Wildman–Crippen MR) is 126 cm³/mol. The first-order valence-electron chi connectivity index (χ1n) is 10.9. The second-order valence-electron chi connectivity index (χ2n) is 7.83. The molecule has 0 unspecified atom stereocenters. The van der Waals surface area contributed by atoms with Crippen LogP contribution in [0.2, 0.25) is 0 Å². The second kappa shape index (κ2) is 10.4. The van der Waals surface area contributed by atoms with Crippen molar-refractivity contribution in [3.63, 3.8) is 0 Å². The first-order valence-corrected chi connectivity index (χ1v) is 12.6. The first-order chi connectivity index (χ1) is 14.3. The van der Waals surface area contributed by atoms with Crippen LogP contribution >= 0.6 is 22.7 Å². The summed E-state index contributed by atoms with van der Waals surface area (Å²) in [5.41, 5.74) is 2.94. The van der Waals surface area contributed by atoms with Crippen LogP contribution in [0.15, 0.2) is 53.2 Å². The Hall–Kier alpha value is -1.62. The summed E-state index contributed by atoms with van der Waals surface area (Å²) in [5.74, 6) is 1.11. The Balaban J connectivity index is 1.37. The van der Waals surface area contributed by atoms with Gasteiger partial charge >= 0.3 is 0 Å². The Bertz CT molecular complexity index is 857. The third kappa shape index (κ3) is 5.50. The van der Waals surface area contributed by atoms with Gasteiger partial charge < -0.3 is 4.74 Å². The quantitative estimate of drug-likeness (QED) is 0.381. The molecule has 0 saturated carbocycles. The van der Waals surface area contributed by atoms with E-state index in [9.17, 15) is 0 Å². The molecule has 4 rings (SSSR count). The number of hydrogen-bond acceptors (Lipinski definition) is 4. The lowest BCUT2D eigenvalue weighted by Gasteiger charge is -2.35. The predicted octanol–water partition coefficient (Wildman–Crippen LogP) is 6.24. The van der Waals surface area contributed by atoms with Crippen LogP contribution in [0.25, 0.3) is 0 Å². The van der Waals surface area contributed by atoms with E-state index in [1.54, 1.807) is 0 Å². The smallest absolute Gasteiger partial charge is 0.122 e. The highest BCUT2D eigenvalue weighted by Crippen LogP contribution is 2.32. The molecule has 3 aromatic rings. The summed E-state index contributed by atoms with van der Waals surface area (Å²) in [5, 5.41) is 4.33. The summed E-state index contributed by atoms with van der Waals surface area (Å²) in [6.07, 6.45) is 6.92. The van der Waals surface area contributed by atoms with E-state index in [1.165, 1.54) is 53.2 Å². The van der Waals surface area contributed by atoms with E-state index in [-0.39, 0.29) is 0 Å². The zero-order valence-corrected chi connectivity index (χ0v) is 18.9. The van der Waals surface area contributed by atoms with Crippen LogP contribution in [-0.2, 0) is 25.7 Å². The van der Waals surface area contributed by atoms with Crippen LogP contribution in [0.4, 0.5) is 0 Å². The molecule has 4 heteroatoms. The molecule has 0 N–H and O–H groups in total. The molecule has 1 aliphatic rings. The Kier molecular flexibility index (Phi) is 7.42. The molecule has 0 amide bonds. The minimum atomic E-state index is 0.656. The van der Waals surface area contributed by atoms with Crippen molar-refractivity contribution in [1.82, 2.24) is 4.90 Å². The molecule has 2 nitrogen and oxygen atoms in total. The fraction of sp³-hybridized carbons (Fsp3) is 0.440. The Morgan fingerprint density at radius 1 is 0.966 bits per heavy atom. The van der Waals surface area contributed by atoms with Crippen molar-refractivity contribution in [2.75, 3.05) is 19.7 Å². The molecule has 0 radical (unpaired) electrons. The zero-order valence-electron chi connectivity index (χ0n) is 17.3. The van der Waals surface area contributed by atoms with Crippen LogP contribution in [0.1, 0.15) is 40.6 Å². The number of thiophene rings is 2. The topological polar surface area (TPSA) is 12.5 Å². The van der Waals surface area contributed by atoms with Crippen LogP contribution in [0.5, 0.6) is 5.75 Å². The summed E-state index contributed by atoms with van der Waals surface area (Å²) in [6.45, 7) is 5.44. The van der Waals surface area contributed by atoms with Crippen molar-refractivity contribution < 1.29 is 4.74 Å². The van der Waals surface area contributed by atoms with Gasteiger partial charge in [0.15, 0.2) is 0 Å². The fourth-order valence-electron chi connectivity index (χ4n) is 4.39. The SMILES string of the molecule is CCCN(CCc1cccs1)[C@H]1CCc2c(cccc2OCCc2cccs2)C1. The Morgan fingerprint density at radius 2 is 1.76 bits per heavy atom. The van der Waals surface area contributed by atoms with Crippen LogP contribution in [0, 0.1) is 0 Å². The highest BCUT2D eigenvalue weighted by molar-refractivity contribution is 7.10. The number of nitrogens with zero attached hydrogens (tertiary/aromatic N) is 1. The lowest BCUT2D eigenvalue weighted by Crippen LogP contribution is -2.41. The number of ether oxygens (including phenoxy) is 1. The van der Waals surface area contributed by atoms with E-state index in [4.69, 9.17) is 4.74 Å². The average molecular weight is 426 g/mol. The van der Waals surface area contributed by atoms with E-state index in [0.29, 0.717) is 6.04 Å². The minimum Gasteiger partial charge on any atom is -0.493 e. The summed E-state index contributed by atoms with van der Waals surface area (Å²) < 4.78 is 6.21. The van der Waals surface area contributed by atoms with Gasteiger partial charge in [-0.2, -0.15) is 0 Å². The molecular formula is C25H31NOS2. The van der Waals surface area contributed by atoms with Gasteiger partial charge in [-0.05, 0) is 78.7 Å². The molecule has 2 aromatic heterocycles. The normalized spacial score (nSPS) is 16.1. The van der Waals surface area contributed by atoms with Crippen molar-refractivity contribution >= 4 is 22.7 Å². The Morgan fingerprint density at radius 3 is 2.48 bits per heavy atom. The average Bonchev–Trinajstić information content (AvgIpc) is 3.45. The summed E-state index contributed by atoms with van der Waals surface area (Å²) in [4.78, 5) is 5.63. The molecule has 1 atom stereocenters. The zero-order chi connectivity index (χ0) is 19.9. The van der Waals surface area contributed by atoms with Crippen LogP contribution in [-0.4, -0.2) is 30.6 Å². The minimum absolute atomic E-state index is 0.656. The van der Waals surface area contributed by atoms with Crippen molar-refractivity contribution in [2.24, 2.45) is 0 Å². The van der Waals surface area contributed by atoms with Gasteiger partial charge in [0, 0.05) is 28.8 Å². The number of benzene rings is 1. The molecular weight excluding hydrogens is 394 g/mol. The maximum absolute atomic E-state index is 6.21. The molecule has 1 aliphatic carbocycles. The van der Waals surface area contributed by atoms with Gasteiger partial charge in [0.1, 0.15) is 5.75 Å². The van der Waals surface area contributed by atoms with Gasteiger partial charge in [0.05, 0.1) is 6.61 Å². The molecule has 1 aromatic carbocycles. The molecule has 0 aliphatic heterocycles. The third-order valence-corrected chi connectivity index (χ3v) is 7.72. The molecule has 0 bridgehead atoms. The summed E-state index contributed by atoms with van der Waals surface area (Å²) >= 11 is 3.70. The van der Waals surface area contributed by atoms with Crippen LogP contribution in [0.3, 0.4) is 0 Å². The van der Waals surface area contributed by atoms with Gasteiger partial charge in [-0.15, -0.1) is 22.7 Å². The van der Waals surface area contributed by atoms with Gasteiger partial charge in [0.25, 0.3) is 0 Å². The van der Waals surface area contributed by atoms with Crippen LogP contribution < -0.4 is 4.74 Å². The first kappa shape index (κ1) is 20.6. The molecule has 0 saturated heterocycles. The summed E-state index contributed by atoms with van der Waals surface area (Å²) in [6, 6.07) is 16.1. The van der Waals surface area contributed by atoms with Gasteiger partial charge in [-0.25, -0.2) is 0 Å². The lowest BCUT2D eigenvalue weighted by molar-refractivity contribution is 0.181. The highest BCUT2D eigenvalue weighted by atomic mass is 32.1. The molecule has 29 heavy (non-hydrogen) atoms. The van der Waals surface area contributed by atoms with E-state index >= 15 is 0 Å². The number of fused-ring (bicyclic) bond motifs is 1. The third-order valence-electron chi connectivity index (χ3n) is 5.85. The maximum atomic E-state index is 6.21. The van der Waals surface area contributed by atoms with Crippen molar-refractivity contribution in [1.29, 1.82) is 0 Å². The van der Waals surface area contributed by atoms with Gasteiger partial charge in [-0.1, -0.05) is 31.2 Å². The second-order valence-corrected chi connectivity index (χ2v) is 9.90. The maximum Gasteiger partial charge on any atom is 0.122 e. The molecule has 154 valence electrons. The van der Waals surface area contributed by atoms with Crippen molar-refractivity contribution in [2.45, 2.75) is 51.5 Å². The van der Waals surface area contributed by atoms with Gasteiger partial charge in [0.2, 0.25) is 0 Å². The van der Waals surface area contributed by atoms with E-state index in [0.717, 1.165) is 31.6 Å². The Labute approximate surface area is 183 Å². The largest absolute Gasteiger partial charge is 0.493 e. The molecule has 0 fully saturated rings. The summed E-state index contributed by atoms with van der Waals surface area (Å²) in [7, 11) is 0. The standard InChI is InChI=1S/C25H31NOS2/c1-2-14-26(15-12-22-7-4-17-28-22)21-10-11-24-20(19-21)6-3-9-25(24)27-16-13-23-8-5-18-29-23/h3-9,17-18,21H,2,10-16,19H2,1H3/t21-/m0/s1. The van der Waals surface area contributed by atoms with Crippen molar-refractivity contribution in [3.8, 4) is 5.75 Å².